The first-order valence-corrected chi connectivity index (χ1v) is 9.09. The van der Waals surface area contributed by atoms with E-state index in [0.29, 0.717) is 0 Å². The number of hydrogen-bond acceptors (Lipinski definition) is 2. The van der Waals surface area contributed by atoms with Gasteiger partial charge in [0.25, 0.3) is 0 Å². The second kappa shape index (κ2) is 8.04. The molecule has 1 aliphatic rings. The van der Waals surface area contributed by atoms with Gasteiger partial charge < -0.3 is 9.84 Å². The molecule has 1 fully saturated rings. The average molecular weight is 345 g/mol. The van der Waals surface area contributed by atoms with Crippen molar-refractivity contribution < 1.29 is 9.84 Å². The normalized spacial score (nSPS) is 15.8. The van der Waals surface area contributed by atoms with Crippen LogP contribution in [0, 0.1) is 5.92 Å². The van der Waals surface area contributed by atoms with E-state index < -0.39 is 0 Å². The van der Waals surface area contributed by atoms with Crippen LogP contribution in [0.1, 0.15) is 48.3 Å². The van der Waals surface area contributed by atoms with Gasteiger partial charge in [0.1, 0.15) is 5.75 Å². The Labute approximate surface area is 149 Å². The van der Waals surface area contributed by atoms with Crippen LogP contribution in [-0.4, -0.2) is 18.8 Å². The van der Waals surface area contributed by atoms with Gasteiger partial charge in [-0.25, -0.2) is 0 Å². The highest BCUT2D eigenvalue weighted by molar-refractivity contribution is 6.31. The summed E-state index contributed by atoms with van der Waals surface area (Å²) in [6.45, 7) is 0.208. The predicted octanol–water partition coefficient (Wildman–Crippen LogP) is 5.21. The molecule has 1 N–H and O–H groups in total. The molecule has 3 heteroatoms. The van der Waals surface area contributed by atoms with E-state index >= 15 is 0 Å². The Balaban J connectivity index is 1.76. The summed E-state index contributed by atoms with van der Waals surface area (Å²) in [7, 11) is 1.67. The maximum atomic E-state index is 9.81. The smallest absolute Gasteiger partial charge is 0.118 e. The van der Waals surface area contributed by atoms with Gasteiger partial charge in [-0.2, -0.15) is 0 Å². The highest BCUT2D eigenvalue weighted by atomic mass is 35.5. The zero-order valence-corrected chi connectivity index (χ0v) is 14.9. The van der Waals surface area contributed by atoms with Crippen LogP contribution >= 0.6 is 11.6 Å². The summed E-state index contributed by atoms with van der Waals surface area (Å²) in [5.74, 6) is 1.87. The highest BCUT2D eigenvalue weighted by Gasteiger charge is 2.23. The topological polar surface area (TPSA) is 29.5 Å². The Hall–Kier alpha value is -1.51. The lowest BCUT2D eigenvalue weighted by atomic mass is 9.77. The first-order chi connectivity index (χ1) is 11.7. The van der Waals surface area contributed by atoms with Crippen LogP contribution in [0.4, 0.5) is 0 Å². The first-order valence-electron chi connectivity index (χ1n) is 8.71. The van der Waals surface area contributed by atoms with Gasteiger partial charge in [-0.3, -0.25) is 0 Å². The van der Waals surface area contributed by atoms with Crippen molar-refractivity contribution in [2.75, 3.05) is 13.7 Å². The van der Waals surface area contributed by atoms with Crippen LogP contribution in [-0.2, 0) is 6.42 Å². The number of hydrogen-bond donors (Lipinski definition) is 1. The maximum absolute atomic E-state index is 9.81. The largest absolute Gasteiger partial charge is 0.497 e. The number of aliphatic hydroxyl groups is 1. The molecule has 1 aliphatic carbocycles. The molecule has 24 heavy (non-hydrogen) atoms. The van der Waals surface area contributed by atoms with Gasteiger partial charge in [0, 0.05) is 17.5 Å². The molecule has 0 saturated heterocycles. The number of ether oxygens (including phenoxy) is 1. The summed E-state index contributed by atoms with van der Waals surface area (Å²) >= 11 is 6.41. The lowest BCUT2D eigenvalue weighted by Gasteiger charge is -2.29. The van der Waals surface area contributed by atoms with Gasteiger partial charge in [0.05, 0.1) is 7.11 Å². The maximum Gasteiger partial charge on any atom is 0.118 e. The van der Waals surface area contributed by atoms with E-state index in [1.165, 1.54) is 30.4 Å². The van der Waals surface area contributed by atoms with Gasteiger partial charge in [-0.1, -0.05) is 55.1 Å². The Morgan fingerprint density at radius 3 is 2.50 bits per heavy atom. The minimum atomic E-state index is 0.208. The summed E-state index contributed by atoms with van der Waals surface area (Å²) in [5.41, 5.74) is 3.53. The van der Waals surface area contributed by atoms with Crippen molar-refractivity contribution >= 4 is 11.6 Å². The Bertz CT molecular complexity index is 662. The molecule has 0 bridgehead atoms. The van der Waals surface area contributed by atoms with Gasteiger partial charge in [-0.15, -0.1) is 0 Å². The second-order valence-electron chi connectivity index (χ2n) is 6.79. The van der Waals surface area contributed by atoms with Crippen LogP contribution in [0.3, 0.4) is 0 Å². The van der Waals surface area contributed by atoms with Crippen LogP contribution in [0.2, 0.25) is 5.02 Å². The summed E-state index contributed by atoms with van der Waals surface area (Å²) < 4.78 is 5.21. The third-order valence-corrected chi connectivity index (χ3v) is 5.53. The molecule has 2 nitrogen and oxygen atoms in total. The molecule has 1 saturated carbocycles. The minimum absolute atomic E-state index is 0.208. The lowest BCUT2D eigenvalue weighted by molar-refractivity contribution is 0.210. The van der Waals surface area contributed by atoms with E-state index in [1.807, 2.05) is 18.2 Å². The van der Waals surface area contributed by atoms with Gasteiger partial charge in [0.2, 0.25) is 0 Å². The van der Waals surface area contributed by atoms with Crippen molar-refractivity contribution in [3.63, 3.8) is 0 Å². The second-order valence-corrected chi connectivity index (χ2v) is 7.20. The van der Waals surface area contributed by atoms with E-state index in [-0.39, 0.29) is 12.5 Å². The molecule has 1 atom stereocenters. The van der Waals surface area contributed by atoms with Crippen LogP contribution in [0.5, 0.6) is 5.75 Å². The highest BCUT2D eigenvalue weighted by Crippen LogP contribution is 2.36. The molecule has 2 aromatic rings. The summed E-state index contributed by atoms with van der Waals surface area (Å²) in [6, 6.07) is 14.3. The zero-order valence-electron chi connectivity index (χ0n) is 14.2. The molecule has 2 aromatic carbocycles. The molecule has 0 aromatic heterocycles. The van der Waals surface area contributed by atoms with Crippen LogP contribution in [0.25, 0.3) is 0 Å². The molecular formula is C21H25ClO2. The molecule has 128 valence electrons. The Morgan fingerprint density at radius 2 is 1.92 bits per heavy atom. The van der Waals surface area contributed by atoms with Crippen molar-refractivity contribution in [3.05, 3.63) is 64.2 Å². The van der Waals surface area contributed by atoms with Crippen LogP contribution in [0.15, 0.2) is 42.5 Å². The molecule has 0 heterocycles. The molecule has 3 rings (SSSR count). The molecular weight excluding hydrogens is 320 g/mol. The SMILES string of the molecule is COc1ccc(Cc2cc(C(CO)CC3CCC3)ccc2Cl)cc1. The van der Waals surface area contributed by atoms with Crippen molar-refractivity contribution in [3.8, 4) is 5.75 Å². The quantitative estimate of drug-likeness (QED) is 0.747. The van der Waals surface area contributed by atoms with E-state index in [1.54, 1.807) is 7.11 Å². The van der Waals surface area contributed by atoms with Crippen molar-refractivity contribution in [1.29, 1.82) is 0 Å². The molecule has 0 radical (unpaired) electrons. The first kappa shape index (κ1) is 17.3. The number of aliphatic hydroxyl groups excluding tert-OH is 1. The molecule has 0 amide bonds. The number of rotatable bonds is 7. The number of halogens is 1. The van der Waals surface area contributed by atoms with Crippen molar-refractivity contribution in [2.45, 2.75) is 38.0 Å². The third kappa shape index (κ3) is 4.12. The summed E-state index contributed by atoms with van der Waals surface area (Å²) in [6.07, 6.45) is 5.83. The number of methoxy groups -OCH3 is 1. The minimum Gasteiger partial charge on any atom is -0.497 e. The fraction of sp³-hybridized carbons (Fsp3) is 0.429. The van der Waals surface area contributed by atoms with Crippen molar-refractivity contribution in [2.24, 2.45) is 5.92 Å². The predicted molar refractivity (Wildman–Crippen MR) is 99.0 cm³/mol. The third-order valence-electron chi connectivity index (χ3n) is 5.16. The lowest BCUT2D eigenvalue weighted by Crippen LogP contribution is -2.17. The monoisotopic (exact) mass is 344 g/mol. The molecule has 0 aliphatic heterocycles. The Morgan fingerprint density at radius 1 is 1.17 bits per heavy atom. The summed E-state index contributed by atoms with van der Waals surface area (Å²) in [4.78, 5) is 0. The van der Waals surface area contributed by atoms with Gasteiger partial charge in [0.15, 0.2) is 0 Å². The van der Waals surface area contributed by atoms with Gasteiger partial charge >= 0.3 is 0 Å². The van der Waals surface area contributed by atoms with E-state index in [0.717, 1.165) is 35.1 Å². The fourth-order valence-corrected chi connectivity index (χ4v) is 3.58. The van der Waals surface area contributed by atoms with E-state index in [4.69, 9.17) is 16.3 Å². The van der Waals surface area contributed by atoms with E-state index in [9.17, 15) is 5.11 Å². The summed E-state index contributed by atoms with van der Waals surface area (Å²) in [5, 5.41) is 10.6. The Kier molecular flexibility index (Phi) is 5.80. The standard InChI is InChI=1S/C21H25ClO2/c1-24-20-8-5-16(6-9-20)11-18-13-17(7-10-21(18)22)19(14-23)12-15-3-2-4-15/h5-10,13,15,19,23H,2-4,11-12,14H2,1H3. The van der Waals surface area contributed by atoms with Gasteiger partial charge in [-0.05, 0) is 53.6 Å². The molecule has 1 unspecified atom stereocenters. The van der Waals surface area contributed by atoms with E-state index in [2.05, 4.69) is 24.3 Å². The average Bonchev–Trinajstić information content (AvgIpc) is 2.57. The molecule has 0 spiro atoms. The van der Waals surface area contributed by atoms with Crippen LogP contribution < -0.4 is 4.74 Å². The van der Waals surface area contributed by atoms with Crippen molar-refractivity contribution in [1.82, 2.24) is 0 Å². The fourth-order valence-electron chi connectivity index (χ4n) is 3.39. The zero-order chi connectivity index (χ0) is 16.9. The number of benzene rings is 2.